The summed E-state index contributed by atoms with van der Waals surface area (Å²) in [7, 11) is 3.33. The van der Waals surface area contributed by atoms with Crippen molar-refractivity contribution in [1.29, 1.82) is 0 Å². The first-order valence-corrected chi connectivity index (χ1v) is 6.39. The molecule has 0 radical (unpaired) electrons. The van der Waals surface area contributed by atoms with Crippen molar-refractivity contribution in [3.63, 3.8) is 0 Å². The highest BCUT2D eigenvalue weighted by Gasteiger charge is 2.13. The van der Waals surface area contributed by atoms with Crippen molar-refractivity contribution in [2.45, 2.75) is 0 Å². The fraction of sp³-hybridized carbons (Fsp3) is 0.154. The van der Waals surface area contributed by atoms with Crippen LogP contribution in [0.15, 0.2) is 34.8 Å². The van der Waals surface area contributed by atoms with Crippen LogP contribution in [0.2, 0.25) is 0 Å². The minimum atomic E-state index is -0.201. The number of halogens is 1. The summed E-state index contributed by atoms with van der Waals surface area (Å²) >= 11 is 3.37. The molecule has 1 aromatic carbocycles. The average molecular weight is 321 g/mol. The highest BCUT2D eigenvalue weighted by Crippen LogP contribution is 2.21. The minimum absolute atomic E-state index is 0.0885. The molecule has 0 bridgehead atoms. The number of nitrogens with two attached hydrogens (primary N) is 1. The van der Waals surface area contributed by atoms with E-state index in [-0.39, 0.29) is 17.5 Å². The quantitative estimate of drug-likeness (QED) is 0.920. The number of nitrogens with zero attached hydrogens (tertiary/aromatic N) is 3. The molecule has 1 aromatic heterocycles. The summed E-state index contributed by atoms with van der Waals surface area (Å²) in [5.41, 5.74) is 7.46. The van der Waals surface area contributed by atoms with Crippen molar-refractivity contribution in [3.05, 3.63) is 40.5 Å². The smallest absolute Gasteiger partial charge is 0.272 e. The Balaban J connectivity index is 2.47. The lowest BCUT2D eigenvalue weighted by atomic mass is 10.1. The van der Waals surface area contributed by atoms with E-state index in [0.29, 0.717) is 5.69 Å². The molecule has 0 aliphatic rings. The van der Waals surface area contributed by atoms with Crippen LogP contribution in [0.5, 0.6) is 0 Å². The summed E-state index contributed by atoms with van der Waals surface area (Å²) in [5.74, 6) is -0.113. The van der Waals surface area contributed by atoms with Crippen molar-refractivity contribution in [1.82, 2.24) is 14.9 Å². The largest absolute Gasteiger partial charge is 0.368 e. The predicted octanol–water partition coefficient (Wildman–Crippen LogP) is 2.19. The van der Waals surface area contributed by atoms with Gasteiger partial charge in [-0.2, -0.15) is 0 Å². The van der Waals surface area contributed by atoms with Gasteiger partial charge in [-0.05, 0) is 18.2 Å². The monoisotopic (exact) mass is 320 g/mol. The molecule has 1 heterocycles. The maximum absolute atomic E-state index is 11.9. The van der Waals surface area contributed by atoms with Gasteiger partial charge >= 0.3 is 0 Å². The summed E-state index contributed by atoms with van der Waals surface area (Å²) in [6, 6.07) is 9.25. The number of nitrogen functional groups attached to an aromatic ring is 1. The van der Waals surface area contributed by atoms with Crippen molar-refractivity contribution in [3.8, 4) is 11.3 Å². The lowest BCUT2D eigenvalue weighted by molar-refractivity contribution is 0.0822. The van der Waals surface area contributed by atoms with Gasteiger partial charge in [0.05, 0.1) is 5.69 Å². The van der Waals surface area contributed by atoms with Gasteiger partial charge < -0.3 is 10.6 Å². The van der Waals surface area contributed by atoms with Crippen LogP contribution in [0.25, 0.3) is 11.3 Å². The third-order valence-electron chi connectivity index (χ3n) is 2.51. The second kappa shape index (κ2) is 5.36. The molecule has 1 amide bonds. The number of hydrogen-bond donors (Lipinski definition) is 1. The number of aromatic nitrogens is 2. The van der Waals surface area contributed by atoms with Crippen LogP contribution in [0.3, 0.4) is 0 Å². The first-order valence-electron chi connectivity index (χ1n) is 5.59. The van der Waals surface area contributed by atoms with E-state index in [9.17, 15) is 4.79 Å². The summed E-state index contributed by atoms with van der Waals surface area (Å²) in [6.07, 6.45) is 0. The van der Waals surface area contributed by atoms with E-state index in [4.69, 9.17) is 5.73 Å². The lowest BCUT2D eigenvalue weighted by Gasteiger charge is -2.11. The van der Waals surface area contributed by atoms with Crippen LogP contribution in [0.4, 0.5) is 5.95 Å². The molecule has 0 saturated heterocycles. The normalized spacial score (nSPS) is 10.3. The van der Waals surface area contributed by atoms with Gasteiger partial charge in [0.15, 0.2) is 0 Å². The van der Waals surface area contributed by atoms with E-state index < -0.39 is 0 Å². The molecule has 2 rings (SSSR count). The number of carbonyl (C=O) groups excluding carboxylic acids is 1. The number of hydrogen-bond acceptors (Lipinski definition) is 4. The van der Waals surface area contributed by atoms with Crippen LogP contribution in [0, 0.1) is 0 Å². The molecule has 0 fully saturated rings. The van der Waals surface area contributed by atoms with Gasteiger partial charge in [0.2, 0.25) is 5.95 Å². The molecule has 5 nitrogen and oxygen atoms in total. The Morgan fingerprint density at radius 1 is 1.21 bits per heavy atom. The molecule has 2 N–H and O–H groups in total. The Hall–Kier alpha value is -1.95. The fourth-order valence-corrected chi connectivity index (χ4v) is 1.84. The highest BCUT2D eigenvalue weighted by atomic mass is 79.9. The Morgan fingerprint density at radius 2 is 1.84 bits per heavy atom. The standard InChI is InChI=1S/C13H13BrN4O/c1-18(2)12(19)11-7-10(16-13(15)17-11)8-3-5-9(14)6-4-8/h3-7H,1-2H3,(H2,15,16,17). The molecule has 0 aliphatic heterocycles. The summed E-state index contributed by atoms with van der Waals surface area (Å²) < 4.78 is 0.975. The zero-order chi connectivity index (χ0) is 14.0. The Morgan fingerprint density at radius 3 is 2.42 bits per heavy atom. The topological polar surface area (TPSA) is 72.1 Å². The molecule has 0 atom stereocenters. The van der Waals surface area contributed by atoms with Crippen molar-refractivity contribution >= 4 is 27.8 Å². The molecule has 19 heavy (non-hydrogen) atoms. The second-order valence-corrected chi connectivity index (χ2v) is 5.12. The minimum Gasteiger partial charge on any atom is -0.368 e. The lowest BCUT2D eigenvalue weighted by Crippen LogP contribution is -2.23. The molecular weight excluding hydrogens is 308 g/mol. The third-order valence-corrected chi connectivity index (χ3v) is 3.04. The fourth-order valence-electron chi connectivity index (χ4n) is 1.57. The van der Waals surface area contributed by atoms with E-state index in [1.54, 1.807) is 20.2 Å². The number of rotatable bonds is 2. The summed E-state index contributed by atoms with van der Waals surface area (Å²) in [5, 5.41) is 0. The van der Waals surface area contributed by atoms with Crippen LogP contribution in [0.1, 0.15) is 10.5 Å². The summed E-state index contributed by atoms with van der Waals surface area (Å²) in [4.78, 5) is 21.5. The van der Waals surface area contributed by atoms with Gasteiger partial charge in [-0.15, -0.1) is 0 Å². The number of benzene rings is 1. The molecule has 0 aliphatic carbocycles. The molecule has 2 aromatic rings. The van der Waals surface area contributed by atoms with Crippen molar-refractivity contribution < 1.29 is 4.79 Å². The third kappa shape index (κ3) is 3.08. The van der Waals surface area contributed by atoms with Crippen LogP contribution < -0.4 is 5.73 Å². The van der Waals surface area contributed by atoms with E-state index in [1.165, 1.54) is 4.90 Å². The average Bonchev–Trinajstić information content (AvgIpc) is 2.37. The second-order valence-electron chi connectivity index (χ2n) is 4.20. The Kier molecular flexibility index (Phi) is 3.80. The number of anilines is 1. The summed E-state index contributed by atoms with van der Waals surface area (Å²) in [6.45, 7) is 0. The maximum atomic E-state index is 11.9. The van der Waals surface area contributed by atoms with E-state index in [2.05, 4.69) is 25.9 Å². The van der Waals surface area contributed by atoms with Gasteiger partial charge in [0.25, 0.3) is 5.91 Å². The molecule has 0 unspecified atom stereocenters. The first-order chi connectivity index (χ1) is 8.97. The SMILES string of the molecule is CN(C)C(=O)c1cc(-c2ccc(Br)cc2)nc(N)n1. The van der Waals surface area contributed by atoms with E-state index in [1.807, 2.05) is 24.3 Å². The maximum Gasteiger partial charge on any atom is 0.272 e. The Labute approximate surface area is 119 Å². The highest BCUT2D eigenvalue weighted by molar-refractivity contribution is 9.10. The van der Waals surface area contributed by atoms with E-state index in [0.717, 1.165) is 10.0 Å². The van der Waals surface area contributed by atoms with Crippen LogP contribution >= 0.6 is 15.9 Å². The zero-order valence-corrected chi connectivity index (χ0v) is 12.2. The predicted molar refractivity (Wildman–Crippen MR) is 77.6 cm³/mol. The number of carbonyl (C=O) groups is 1. The van der Waals surface area contributed by atoms with Gasteiger partial charge in [0.1, 0.15) is 5.69 Å². The Bertz CT molecular complexity index is 611. The number of amides is 1. The van der Waals surface area contributed by atoms with Crippen LogP contribution in [-0.2, 0) is 0 Å². The van der Waals surface area contributed by atoms with Crippen LogP contribution in [-0.4, -0.2) is 34.9 Å². The zero-order valence-electron chi connectivity index (χ0n) is 10.6. The molecule has 0 saturated carbocycles. The van der Waals surface area contributed by atoms with Crippen molar-refractivity contribution in [2.24, 2.45) is 0 Å². The van der Waals surface area contributed by atoms with Gasteiger partial charge in [-0.1, -0.05) is 28.1 Å². The van der Waals surface area contributed by atoms with Gasteiger partial charge in [-0.25, -0.2) is 9.97 Å². The molecular formula is C13H13BrN4O. The van der Waals surface area contributed by atoms with E-state index >= 15 is 0 Å². The molecule has 0 spiro atoms. The van der Waals surface area contributed by atoms with Gasteiger partial charge in [-0.3, -0.25) is 4.79 Å². The van der Waals surface area contributed by atoms with Gasteiger partial charge in [0, 0.05) is 24.1 Å². The molecule has 6 heteroatoms. The van der Waals surface area contributed by atoms with Crippen molar-refractivity contribution in [2.75, 3.05) is 19.8 Å². The first kappa shape index (κ1) is 13.5. The molecule has 98 valence electrons.